The normalized spacial score (nSPS) is 10.9. The number of hydrogen-bond acceptors (Lipinski definition) is 4. The Hall–Kier alpha value is -0.0700. The van der Waals surface area contributed by atoms with E-state index in [4.69, 9.17) is 4.74 Å². The molecule has 0 N–H and O–H groups in total. The summed E-state index contributed by atoms with van der Waals surface area (Å²) < 4.78 is 38.5. The molecule has 108 valence electrons. The molecule has 0 fully saturated rings. The van der Waals surface area contributed by atoms with E-state index in [9.17, 15) is 13.0 Å². The zero-order chi connectivity index (χ0) is 14.1. The van der Waals surface area contributed by atoms with Crippen LogP contribution in [0.15, 0.2) is 29.2 Å². The second-order valence-electron chi connectivity index (χ2n) is 4.52. The zero-order valence-electron chi connectivity index (χ0n) is 12.3. The standard InChI is InChI=1S/C14H22O4S.Na/c1-2-3-4-5-6-9-12-18-13-10-7-8-11-14(13)19(15,16)17;/h7-8,10-11H,2-6,9,12H2,1H3,(H,15,16,17);/q;+1/p-1. The maximum Gasteiger partial charge on any atom is 1.00 e. The SMILES string of the molecule is CCCCCCCCOc1ccccc1S(=O)(=O)[O-].[Na+]. The largest absolute Gasteiger partial charge is 1.00 e. The van der Waals surface area contributed by atoms with Gasteiger partial charge in [0, 0.05) is 0 Å². The van der Waals surface area contributed by atoms with Gasteiger partial charge in [-0.2, -0.15) is 0 Å². The van der Waals surface area contributed by atoms with Gasteiger partial charge in [0.25, 0.3) is 0 Å². The predicted octanol–water partition coefficient (Wildman–Crippen LogP) is 0.334. The first-order valence-electron chi connectivity index (χ1n) is 6.73. The van der Waals surface area contributed by atoms with Crippen molar-refractivity contribution in [3.63, 3.8) is 0 Å². The fourth-order valence-corrected chi connectivity index (χ4v) is 2.46. The van der Waals surface area contributed by atoms with Gasteiger partial charge in [0.15, 0.2) is 0 Å². The van der Waals surface area contributed by atoms with Crippen LogP contribution >= 0.6 is 0 Å². The minimum Gasteiger partial charge on any atom is -0.744 e. The molecule has 1 aromatic carbocycles. The van der Waals surface area contributed by atoms with Gasteiger partial charge < -0.3 is 9.29 Å². The van der Waals surface area contributed by atoms with Crippen LogP contribution in [0.1, 0.15) is 45.4 Å². The number of rotatable bonds is 9. The molecule has 1 aromatic rings. The summed E-state index contributed by atoms with van der Waals surface area (Å²) in [6.07, 6.45) is 6.79. The van der Waals surface area contributed by atoms with Crippen LogP contribution in [0.25, 0.3) is 0 Å². The summed E-state index contributed by atoms with van der Waals surface area (Å²) >= 11 is 0. The van der Waals surface area contributed by atoms with Gasteiger partial charge in [-0.25, -0.2) is 8.42 Å². The molecule has 0 aliphatic rings. The molecule has 0 amide bonds. The Morgan fingerprint density at radius 2 is 1.65 bits per heavy atom. The molecule has 0 saturated heterocycles. The minimum atomic E-state index is -4.46. The maximum absolute atomic E-state index is 11.0. The van der Waals surface area contributed by atoms with E-state index in [2.05, 4.69) is 6.92 Å². The number of hydrogen-bond donors (Lipinski definition) is 0. The molecule has 0 unspecified atom stereocenters. The van der Waals surface area contributed by atoms with E-state index in [0.29, 0.717) is 6.61 Å². The minimum absolute atomic E-state index is 0. The van der Waals surface area contributed by atoms with E-state index in [-0.39, 0.29) is 40.2 Å². The van der Waals surface area contributed by atoms with E-state index in [1.165, 1.54) is 43.9 Å². The molecule has 0 aromatic heterocycles. The second-order valence-corrected chi connectivity index (χ2v) is 5.87. The fourth-order valence-electron chi connectivity index (χ4n) is 1.84. The predicted molar refractivity (Wildman–Crippen MR) is 73.3 cm³/mol. The third kappa shape index (κ3) is 7.64. The zero-order valence-corrected chi connectivity index (χ0v) is 15.1. The van der Waals surface area contributed by atoms with Crippen molar-refractivity contribution in [1.82, 2.24) is 0 Å². The first-order valence-corrected chi connectivity index (χ1v) is 8.14. The van der Waals surface area contributed by atoms with Gasteiger partial charge in [0.05, 0.1) is 11.5 Å². The number of unbranched alkanes of at least 4 members (excludes halogenated alkanes) is 5. The second kappa shape index (κ2) is 10.6. The van der Waals surface area contributed by atoms with Gasteiger partial charge in [-0.15, -0.1) is 0 Å². The van der Waals surface area contributed by atoms with E-state index >= 15 is 0 Å². The summed E-state index contributed by atoms with van der Waals surface area (Å²) in [7, 11) is -4.46. The first-order chi connectivity index (χ1) is 9.05. The summed E-state index contributed by atoms with van der Waals surface area (Å²) in [4.78, 5) is -0.277. The van der Waals surface area contributed by atoms with Gasteiger partial charge in [0.1, 0.15) is 15.9 Å². The molecule has 1 rings (SSSR count). The van der Waals surface area contributed by atoms with Crippen LogP contribution in [0.5, 0.6) is 5.75 Å². The van der Waals surface area contributed by atoms with E-state index < -0.39 is 10.1 Å². The van der Waals surface area contributed by atoms with Gasteiger partial charge in [-0.3, -0.25) is 0 Å². The molecule has 0 aliphatic heterocycles. The van der Waals surface area contributed by atoms with E-state index in [1.54, 1.807) is 6.07 Å². The average molecular weight is 308 g/mol. The van der Waals surface area contributed by atoms with Crippen LogP contribution in [0.3, 0.4) is 0 Å². The molecular formula is C14H21NaO4S. The van der Waals surface area contributed by atoms with Gasteiger partial charge in [0.2, 0.25) is 0 Å². The summed E-state index contributed by atoms with van der Waals surface area (Å²) in [6.45, 7) is 2.61. The van der Waals surface area contributed by atoms with Crippen molar-refractivity contribution >= 4 is 10.1 Å². The number of para-hydroxylation sites is 1. The number of benzene rings is 1. The van der Waals surface area contributed by atoms with Crippen molar-refractivity contribution in [3.05, 3.63) is 24.3 Å². The monoisotopic (exact) mass is 308 g/mol. The fraction of sp³-hybridized carbons (Fsp3) is 0.571. The van der Waals surface area contributed by atoms with Crippen LogP contribution < -0.4 is 34.3 Å². The molecule has 0 spiro atoms. The third-order valence-corrected chi connectivity index (χ3v) is 3.75. The Morgan fingerprint density at radius 1 is 1.05 bits per heavy atom. The molecule has 4 nitrogen and oxygen atoms in total. The van der Waals surface area contributed by atoms with Crippen molar-refractivity contribution in [2.24, 2.45) is 0 Å². The quantitative estimate of drug-likeness (QED) is 0.375. The van der Waals surface area contributed by atoms with E-state index in [0.717, 1.165) is 12.8 Å². The molecule has 0 atom stereocenters. The van der Waals surface area contributed by atoms with Crippen molar-refractivity contribution < 1.29 is 47.3 Å². The molecule has 0 saturated carbocycles. The van der Waals surface area contributed by atoms with Crippen molar-refractivity contribution in [3.8, 4) is 5.75 Å². The Morgan fingerprint density at radius 3 is 2.30 bits per heavy atom. The Bertz CT molecular complexity index is 474. The van der Waals surface area contributed by atoms with Crippen molar-refractivity contribution in [2.45, 2.75) is 50.3 Å². The van der Waals surface area contributed by atoms with E-state index in [1.807, 2.05) is 0 Å². The van der Waals surface area contributed by atoms with Crippen molar-refractivity contribution in [2.75, 3.05) is 6.61 Å². The average Bonchev–Trinajstić information content (AvgIpc) is 2.37. The Labute approximate surface area is 144 Å². The molecule has 0 heterocycles. The Kier molecular flexibility index (Phi) is 10.6. The van der Waals surface area contributed by atoms with Gasteiger partial charge in [-0.05, 0) is 18.6 Å². The maximum atomic E-state index is 11.0. The summed E-state index contributed by atoms with van der Waals surface area (Å²) in [5.41, 5.74) is 0. The molecule has 0 bridgehead atoms. The van der Waals surface area contributed by atoms with Crippen LogP contribution in [-0.4, -0.2) is 19.6 Å². The molecule has 20 heavy (non-hydrogen) atoms. The van der Waals surface area contributed by atoms with Crippen LogP contribution in [0, 0.1) is 0 Å². The summed E-state index contributed by atoms with van der Waals surface area (Å²) in [5.74, 6) is 0.158. The molecule has 0 aliphatic carbocycles. The topological polar surface area (TPSA) is 66.4 Å². The summed E-state index contributed by atoms with van der Waals surface area (Å²) in [6, 6.07) is 5.97. The Balaban J connectivity index is 0.00000361. The number of ether oxygens (including phenoxy) is 1. The van der Waals surface area contributed by atoms with Gasteiger partial charge in [-0.1, -0.05) is 51.2 Å². The van der Waals surface area contributed by atoms with Crippen LogP contribution in [-0.2, 0) is 10.1 Å². The smallest absolute Gasteiger partial charge is 0.744 e. The van der Waals surface area contributed by atoms with Crippen LogP contribution in [0.4, 0.5) is 0 Å². The third-order valence-electron chi connectivity index (χ3n) is 2.87. The molecular weight excluding hydrogens is 287 g/mol. The molecule has 6 heteroatoms. The van der Waals surface area contributed by atoms with Gasteiger partial charge >= 0.3 is 29.6 Å². The first kappa shape index (κ1) is 19.9. The van der Waals surface area contributed by atoms with Crippen LogP contribution in [0.2, 0.25) is 0 Å². The summed E-state index contributed by atoms with van der Waals surface area (Å²) in [5, 5.41) is 0. The molecule has 0 radical (unpaired) electrons. The van der Waals surface area contributed by atoms with Crippen molar-refractivity contribution in [1.29, 1.82) is 0 Å².